The van der Waals surface area contributed by atoms with E-state index in [1.807, 2.05) is 0 Å². The van der Waals surface area contributed by atoms with E-state index in [1.54, 1.807) is 13.8 Å². The highest BCUT2D eigenvalue weighted by Crippen LogP contribution is 2.34. The third kappa shape index (κ3) is 6.10. The fraction of sp³-hybridized carbons (Fsp3) is 0.250. The molecule has 1 heterocycles. The van der Waals surface area contributed by atoms with Crippen molar-refractivity contribution in [2.75, 3.05) is 11.1 Å². The highest BCUT2D eigenvalue weighted by molar-refractivity contribution is 5.98. The highest BCUT2D eigenvalue weighted by atomic mass is 19.4. The second-order valence-electron chi connectivity index (χ2n) is 8.86. The molecule has 0 fully saturated rings. The minimum atomic E-state index is -4.79. The molecule has 2 aromatic carbocycles. The summed E-state index contributed by atoms with van der Waals surface area (Å²) in [4.78, 5) is 29.8. The van der Waals surface area contributed by atoms with Crippen LogP contribution >= 0.6 is 0 Å². The number of benzene rings is 2. The van der Waals surface area contributed by atoms with Crippen LogP contribution in [-0.4, -0.2) is 32.4 Å². The molecular weight excluding hydrogens is 548 g/mol. The first-order valence-corrected chi connectivity index (χ1v) is 11.4. The molecule has 3 rings (SSSR count). The molecule has 0 aliphatic heterocycles. The number of hydrogen-bond acceptors (Lipinski definition) is 7. The number of hydrogen-bond donors (Lipinski definition) is 6. The number of nitrogen functional groups attached to an aromatic ring is 2. The predicted molar refractivity (Wildman–Crippen MR) is 133 cm³/mol. The number of nitrogens with two attached hydrogens (primary N) is 2. The molecule has 0 saturated heterocycles. The molecule has 0 saturated carbocycles. The third-order valence-corrected chi connectivity index (χ3v) is 5.48. The number of aromatic hydroxyl groups is 1. The van der Waals surface area contributed by atoms with Crippen LogP contribution in [0.2, 0.25) is 0 Å². The summed E-state index contributed by atoms with van der Waals surface area (Å²) in [6.07, 6.45) is -3.74. The first-order valence-electron chi connectivity index (χ1n) is 11.4. The summed E-state index contributed by atoms with van der Waals surface area (Å²) in [5.41, 5.74) is 5.58. The minimum absolute atomic E-state index is 0.204. The quantitative estimate of drug-likeness (QED) is 0.0793. The fourth-order valence-electron chi connectivity index (χ4n) is 3.69. The molecule has 0 aliphatic rings. The number of carbonyl (C=O) groups excluding carboxylic acids is 1. The summed E-state index contributed by atoms with van der Waals surface area (Å²) in [5.74, 6) is -9.24. The van der Waals surface area contributed by atoms with E-state index < -0.39 is 76.5 Å². The zero-order chi connectivity index (χ0) is 30.1. The summed E-state index contributed by atoms with van der Waals surface area (Å²) in [6.45, 7) is 1.47. The van der Waals surface area contributed by atoms with E-state index >= 15 is 0 Å². The van der Waals surface area contributed by atoms with Gasteiger partial charge in [0.05, 0.1) is 23.0 Å². The lowest BCUT2D eigenvalue weighted by atomic mass is 10.1. The van der Waals surface area contributed by atoms with Gasteiger partial charge in [-0.3, -0.25) is 19.6 Å². The largest absolute Gasteiger partial charge is 0.504 e. The Bertz CT molecular complexity index is 1520. The van der Waals surface area contributed by atoms with Crippen LogP contribution in [0.3, 0.4) is 0 Å². The molecular formula is C24H23F6N7O3. The molecule has 0 spiro atoms. The van der Waals surface area contributed by atoms with Crippen molar-refractivity contribution in [2.45, 2.75) is 39.2 Å². The van der Waals surface area contributed by atoms with Gasteiger partial charge in [0.2, 0.25) is 5.91 Å². The Kier molecular flexibility index (Phi) is 8.31. The molecule has 0 atom stereocenters. The Morgan fingerprint density at radius 3 is 2.38 bits per heavy atom. The van der Waals surface area contributed by atoms with E-state index in [9.17, 15) is 41.0 Å². The average Bonchev–Trinajstić information content (AvgIpc) is 2.84. The number of carbonyl (C=O) groups is 1. The maximum atomic E-state index is 14.5. The van der Waals surface area contributed by atoms with Crippen molar-refractivity contribution in [3.8, 4) is 17.0 Å². The number of rotatable bonds is 8. The zero-order valence-corrected chi connectivity index (χ0v) is 20.9. The number of phenolic OH excluding ortho intramolecular Hbond substituents is 1. The maximum Gasteiger partial charge on any atom is 0.416 e. The van der Waals surface area contributed by atoms with Gasteiger partial charge in [-0.2, -0.15) is 13.2 Å². The van der Waals surface area contributed by atoms with Crippen LogP contribution in [0.4, 0.5) is 37.8 Å². The molecule has 1 amide bonds. The molecule has 3 aromatic rings. The normalized spacial score (nSPS) is 11.5. The van der Waals surface area contributed by atoms with Crippen LogP contribution in [0.1, 0.15) is 30.5 Å². The topological polar surface area (TPSA) is 172 Å². The monoisotopic (exact) mass is 571 g/mol. The van der Waals surface area contributed by atoms with Gasteiger partial charge in [-0.05, 0) is 32.0 Å². The van der Waals surface area contributed by atoms with Crippen molar-refractivity contribution < 1.29 is 36.2 Å². The third-order valence-electron chi connectivity index (χ3n) is 5.48. The number of aromatic nitrogens is 2. The molecule has 8 N–H and O–H groups in total. The highest BCUT2D eigenvalue weighted by Gasteiger charge is 2.32. The minimum Gasteiger partial charge on any atom is -0.504 e. The number of amidine groups is 1. The number of nitrogens with zero attached hydrogens (tertiary/aromatic N) is 2. The Balaban J connectivity index is 2.02. The Hall–Kier alpha value is -4.76. The van der Waals surface area contributed by atoms with Gasteiger partial charge < -0.3 is 27.2 Å². The van der Waals surface area contributed by atoms with Crippen LogP contribution in [0.25, 0.3) is 11.3 Å². The molecule has 0 radical (unpaired) electrons. The van der Waals surface area contributed by atoms with E-state index in [0.717, 1.165) is 16.8 Å². The summed E-state index contributed by atoms with van der Waals surface area (Å²) in [5, 5.41) is 21.8. The summed E-state index contributed by atoms with van der Waals surface area (Å²) in [7, 11) is 0. The number of amides is 1. The molecule has 214 valence electrons. The van der Waals surface area contributed by atoms with Crippen LogP contribution < -0.4 is 27.7 Å². The number of halogens is 6. The fourth-order valence-corrected chi connectivity index (χ4v) is 3.69. The van der Waals surface area contributed by atoms with Gasteiger partial charge in [0.25, 0.3) is 5.56 Å². The number of anilines is 2. The smallest absolute Gasteiger partial charge is 0.416 e. The van der Waals surface area contributed by atoms with Crippen molar-refractivity contribution in [3.63, 3.8) is 0 Å². The van der Waals surface area contributed by atoms with E-state index in [-0.39, 0.29) is 28.8 Å². The second-order valence-corrected chi connectivity index (χ2v) is 8.86. The Labute approximate surface area is 222 Å². The van der Waals surface area contributed by atoms with Gasteiger partial charge in [-0.1, -0.05) is 0 Å². The van der Waals surface area contributed by atoms with E-state index in [4.69, 9.17) is 16.9 Å². The Morgan fingerprint density at radius 1 is 1.15 bits per heavy atom. The summed E-state index contributed by atoms with van der Waals surface area (Å²) in [6, 6.07) is 2.20. The number of nitrogens with one attached hydrogen (secondary N) is 3. The molecule has 0 unspecified atom stereocenters. The first-order chi connectivity index (χ1) is 18.5. The van der Waals surface area contributed by atoms with Gasteiger partial charge in [0, 0.05) is 29.4 Å². The molecule has 16 heteroatoms. The van der Waals surface area contributed by atoms with Crippen LogP contribution in [0.15, 0.2) is 29.2 Å². The van der Waals surface area contributed by atoms with Gasteiger partial charge in [0.15, 0.2) is 29.0 Å². The van der Waals surface area contributed by atoms with Crippen molar-refractivity contribution in [2.24, 2.45) is 5.73 Å². The second kappa shape index (κ2) is 11.2. The number of phenols is 1. The van der Waals surface area contributed by atoms with Crippen molar-refractivity contribution in [1.82, 2.24) is 14.9 Å². The average molecular weight is 571 g/mol. The van der Waals surface area contributed by atoms with Crippen LogP contribution in [-0.2, 0) is 24.1 Å². The van der Waals surface area contributed by atoms with E-state index in [1.165, 1.54) is 0 Å². The van der Waals surface area contributed by atoms with Gasteiger partial charge in [-0.15, -0.1) is 0 Å². The predicted octanol–water partition coefficient (Wildman–Crippen LogP) is 3.05. The molecule has 10 nitrogen and oxygen atoms in total. The first kappa shape index (κ1) is 29.8. The van der Waals surface area contributed by atoms with Crippen LogP contribution in [0, 0.1) is 22.9 Å². The van der Waals surface area contributed by atoms with Crippen LogP contribution in [0.5, 0.6) is 5.75 Å². The Morgan fingerprint density at radius 2 is 1.80 bits per heavy atom. The number of alkyl halides is 3. The maximum absolute atomic E-state index is 14.5. The van der Waals surface area contributed by atoms with Crippen molar-refractivity contribution in [3.05, 3.63) is 68.9 Å². The van der Waals surface area contributed by atoms with Crippen molar-refractivity contribution in [1.29, 1.82) is 5.41 Å². The van der Waals surface area contributed by atoms with E-state index in [0.29, 0.717) is 12.1 Å². The lowest BCUT2D eigenvalue weighted by molar-refractivity contribution is -0.137. The lowest BCUT2D eigenvalue weighted by Gasteiger charge is -2.18. The standard InChI is InChI=1S/C24H23F6N7O3/c1-9(2)36-22-23(40)37(14(7-35-22)10-3-11(24(28,29)30)5-12(31)4-10)8-15(38)34-6-13-17(25)19(27)16(21(32)33)20(39)18(13)26/h3-5,7,9,39H,6,8,31H2,1-2H3,(H3,32,33)(H,34,38)(H,35,36). The molecule has 40 heavy (non-hydrogen) atoms. The van der Waals surface area contributed by atoms with Gasteiger partial charge in [0.1, 0.15) is 12.4 Å². The summed E-state index contributed by atoms with van der Waals surface area (Å²) < 4.78 is 84.1. The summed E-state index contributed by atoms with van der Waals surface area (Å²) >= 11 is 0. The molecule has 0 aliphatic carbocycles. The van der Waals surface area contributed by atoms with E-state index in [2.05, 4.69) is 15.6 Å². The van der Waals surface area contributed by atoms with Gasteiger partial charge >= 0.3 is 6.18 Å². The molecule has 1 aromatic heterocycles. The lowest BCUT2D eigenvalue weighted by Crippen LogP contribution is -2.35. The SMILES string of the molecule is CC(C)Nc1ncc(-c2cc(N)cc(C(F)(F)F)c2)n(CC(=O)NCc2c(F)c(O)c(C(=N)N)c(F)c2F)c1=O. The van der Waals surface area contributed by atoms with Crippen molar-refractivity contribution >= 4 is 23.2 Å². The molecule has 0 bridgehead atoms. The zero-order valence-electron chi connectivity index (χ0n) is 20.9. The van der Waals surface area contributed by atoms with Gasteiger partial charge in [-0.25, -0.2) is 18.2 Å².